The lowest BCUT2D eigenvalue weighted by molar-refractivity contribution is -0.153. The number of benzene rings is 3. The first-order valence-corrected chi connectivity index (χ1v) is 14.7. The van der Waals surface area contributed by atoms with Crippen LogP contribution in [0.5, 0.6) is 5.75 Å². The van der Waals surface area contributed by atoms with Crippen LogP contribution in [0.2, 0.25) is 0 Å². The normalized spacial score (nSPS) is 14.9. The van der Waals surface area contributed by atoms with Crippen LogP contribution in [0.15, 0.2) is 64.3 Å². The molecule has 1 fully saturated rings. The number of nitrogens with zero attached hydrogens (tertiary/aromatic N) is 2. The van der Waals surface area contributed by atoms with E-state index in [4.69, 9.17) is 4.74 Å². The Balaban J connectivity index is 1.72. The van der Waals surface area contributed by atoms with Gasteiger partial charge in [0.15, 0.2) is 12.0 Å². The van der Waals surface area contributed by atoms with E-state index in [0.717, 1.165) is 44.2 Å². The van der Waals surface area contributed by atoms with Gasteiger partial charge in [-0.2, -0.15) is 26.9 Å². The number of nitriles is 1. The number of hydrogen-bond donors (Lipinski definition) is 1. The van der Waals surface area contributed by atoms with Gasteiger partial charge in [0.05, 0.1) is 32.8 Å². The van der Waals surface area contributed by atoms with Crippen molar-refractivity contribution in [3.8, 4) is 22.9 Å². The van der Waals surface area contributed by atoms with E-state index in [0.29, 0.717) is 33.0 Å². The Kier molecular flexibility index (Phi) is 6.73. The molecule has 5 aromatic rings. The van der Waals surface area contributed by atoms with Gasteiger partial charge < -0.3 is 14.3 Å². The van der Waals surface area contributed by atoms with Gasteiger partial charge in [-0.05, 0) is 54.8 Å². The third kappa shape index (κ3) is 4.98. The van der Waals surface area contributed by atoms with Crippen molar-refractivity contribution in [1.29, 1.82) is 5.26 Å². The number of pyridine rings is 1. The van der Waals surface area contributed by atoms with Gasteiger partial charge in [0.25, 0.3) is 0 Å². The van der Waals surface area contributed by atoms with E-state index in [-0.39, 0.29) is 28.3 Å². The van der Waals surface area contributed by atoms with Gasteiger partial charge in [-0.1, -0.05) is 37.5 Å². The molecule has 1 N–H and O–H groups in total. The Hall–Kier alpha value is -4.37. The largest absolute Gasteiger partial charge is 0.483 e. The molecule has 7 nitrogen and oxygen atoms in total. The summed E-state index contributed by atoms with van der Waals surface area (Å²) in [7, 11) is -5.11. The predicted molar refractivity (Wildman–Crippen MR) is 150 cm³/mol. The Morgan fingerprint density at radius 1 is 1.02 bits per heavy atom. The van der Waals surface area contributed by atoms with Crippen LogP contribution < -0.4 is 10.2 Å². The highest BCUT2D eigenvalue weighted by atomic mass is 32.3. The first kappa shape index (κ1) is 27.8. The summed E-state index contributed by atoms with van der Waals surface area (Å²) in [5.41, 5.74) is 1.62. The fourth-order valence-corrected chi connectivity index (χ4v) is 6.42. The monoisotopic (exact) mass is 597 g/mol. The zero-order valence-electron chi connectivity index (χ0n) is 22.0. The summed E-state index contributed by atoms with van der Waals surface area (Å²) in [6.45, 7) is -1.66. The third-order valence-corrected chi connectivity index (χ3v) is 8.55. The molecule has 0 atom stereocenters. The van der Waals surface area contributed by atoms with Crippen LogP contribution in [0.25, 0.3) is 44.0 Å². The molecule has 0 aliphatic heterocycles. The highest BCUT2D eigenvalue weighted by Crippen LogP contribution is 2.40. The summed E-state index contributed by atoms with van der Waals surface area (Å²) >= 11 is 0. The number of aromatic nitrogens is 2. The van der Waals surface area contributed by atoms with E-state index in [2.05, 4.69) is 11.1 Å². The fourth-order valence-electron chi connectivity index (χ4n) is 5.91. The van der Waals surface area contributed by atoms with E-state index in [1.807, 2.05) is 4.57 Å². The van der Waals surface area contributed by atoms with Crippen LogP contribution in [-0.2, 0) is 10.2 Å². The quantitative estimate of drug-likeness (QED) is 0.169. The molecule has 1 aliphatic carbocycles. The molecular formula is C30H23F4N3O4S. The fraction of sp³-hybridized carbons (Fsp3) is 0.267. The molecule has 0 bridgehead atoms. The van der Waals surface area contributed by atoms with Crippen molar-refractivity contribution in [1.82, 2.24) is 9.55 Å². The van der Waals surface area contributed by atoms with Crippen molar-refractivity contribution < 1.29 is 30.2 Å². The van der Waals surface area contributed by atoms with Crippen molar-refractivity contribution >= 4 is 43.1 Å². The van der Waals surface area contributed by atoms with Crippen LogP contribution in [0.4, 0.5) is 17.1 Å². The molecular weight excluding hydrogens is 574 g/mol. The number of ether oxygens (including phenoxy) is 1. The molecule has 0 radical (unpaired) electrons. The second-order valence-corrected chi connectivity index (χ2v) is 11.8. The maximum absolute atomic E-state index is 14.0. The lowest BCUT2D eigenvalue weighted by Gasteiger charge is -2.28. The van der Waals surface area contributed by atoms with Crippen LogP contribution in [0.3, 0.4) is 0 Å². The molecule has 6 rings (SSSR count). The van der Waals surface area contributed by atoms with E-state index < -0.39 is 33.3 Å². The van der Waals surface area contributed by atoms with Gasteiger partial charge in [-0.25, -0.2) is 0 Å². The average Bonchev–Trinajstić information content (AvgIpc) is 3.34. The number of halogens is 4. The molecule has 12 heteroatoms. The summed E-state index contributed by atoms with van der Waals surface area (Å²) in [6.07, 6.45) is -0.186. The molecule has 0 spiro atoms. The first-order valence-electron chi connectivity index (χ1n) is 13.3. The Labute approximate surface area is 237 Å². The van der Waals surface area contributed by atoms with Gasteiger partial charge >= 0.3 is 16.4 Å². The number of nitrogens with one attached hydrogen (secondary N) is 1. The van der Waals surface area contributed by atoms with Crippen molar-refractivity contribution in [2.45, 2.75) is 49.2 Å². The maximum Gasteiger partial charge on any atom is 0.422 e. The van der Waals surface area contributed by atoms with Gasteiger partial charge in [0.1, 0.15) is 11.4 Å². The second-order valence-electron chi connectivity index (χ2n) is 10.4. The van der Waals surface area contributed by atoms with E-state index in [9.17, 15) is 35.5 Å². The van der Waals surface area contributed by atoms with Crippen molar-refractivity contribution in [3.63, 3.8) is 0 Å². The Morgan fingerprint density at radius 2 is 1.79 bits per heavy atom. The van der Waals surface area contributed by atoms with Crippen molar-refractivity contribution in [3.05, 3.63) is 70.4 Å². The standard InChI is InChI=1S/C30H23F4N3O4S/c31-30(32,33)16-41-26-14-23-25(13-22(26)18-5-4-8-20(12-18)42(34,39)40)37(19-6-2-1-3-7-19)29-27(28(23)38)21-10-9-17(15-35)11-24(21)36-29/h4-5,8-14,19,36H,1-3,6-7,16H2. The zero-order chi connectivity index (χ0) is 29.8. The van der Waals surface area contributed by atoms with Gasteiger partial charge in [0.2, 0.25) is 0 Å². The van der Waals surface area contributed by atoms with Crippen LogP contribution in [-0.4, -0.2) is 30.8 Å². The minimum absolute atomic E-state index is 0.0554. The molecule has 216 valence electrons. The lowest BCUT2D eigenvalue weighted by atomic mass is 9.93. The Morgan fingerprint density at radius 3 is 2.48 bits per heavy atom. The van der Waals surface area contributed by atoms with Crippen LogP contribution in [0.1, 0.15) is 43.7 Å². The summed E-state index contributed by atoms with van der Waals surface area (Å²) in [4.78, 5) is 16.7. The van der Waals surface area contributed by atoms with Gasteiger partial charge in [0, 0.05) is 22.5 Å². The molecule has 2 heterocycles. The molecule has 42 heavy (non-hydrogen) atoms. The average molecular weight is 598 g/mol. The van der Waals surface area contributed by atoms with Crippen LogP contribution in [0, 0.1) is 11.3 Å². The number of H-pyrrole nitrogens is 1. The number of rotatable bonds is 5. The topological polar surface area (TPSA) is 105 Å². The number of aromatic amines is 1. The molecule has 2 aromatic heterocycles. The van der Waals surface area contributed by atoms with Gasteiger partial charge in [-0.15, -0.1) is 3.89 Å². The minimum atomic E-state index is -5.11. The number of hydrogen-bond acceptors (Lipinski definition) is 5. The Bertz CT molecular complexity index is 2090. The summed E-state index contributed by atoms with van der Waals surface area (Å²) in [5, 5.41) is 10.4. The summed E-state index contributed by atoms with van der Waals surface area (Å²) in [6, 6.07) is 14.5. The molecule has 1 saturated carbocycles. The van der Waals surface area contributed by atoms with Crippen LogP contribution >= 0.6 is 0 Å². The van der Waals surface area contributed by atoms with Crippen molar-refractivity contribution in [2.24, 2.45) is 0 Å². The SMILES string of the molecule is N#Cc1ccc2c(c1)[nH]c1c2c(=O)c2cc(OCC(F)(F)F)c(-c3cccc(S(=O)(=O)F)c3)cc2n1C1CCCCC1. The van der Waals surface area contributed by atoms with Gasteiger partial charge in [-0.3, -0.25) is 4.79 Å². The first-order chi connectivity index (χ1) is 19.9. The smallest absolute Gasteiger partial charge is 0.422 e. The highest BCUT2D eigenvalue weighted by molar-refractivity contribution is 7.86. The third-order valence-electron chi connectivity index (χ3n) is 7.74. The number of alkyl halides is 3. The number of fused-ring (bicyclic) bond motifs is 4. The van der Waals surface area contributed by atoms with E-state index in [1.54, 1.807) is 18.2 Å². The molecule has 1 aliphatic rings. The van der Waals surface area contributed by atoms with E-state index >= 15 is 0 Å². The summed E-state index contributed by atoms with van der Waals surface area (Å²) < 4.78 is 84.1. The minimum Gasteiger partial charge on any atom is -0.483 e. The maximum atomic E-state index is 14.0. The molecule has 3 aromatic carbocycles. The zero-order valence-corrected chi connectivity index (χ0v) is 22.8. The second kappa shape index (κ2) is 10.2. The highest BCUT2D eigenvalue weighted by Gasteiger charge is 2.30. The van der Waals surface area contributed by atoms with Crippen molar-refractivity contribution in [2.75, 3.05) is 6.61 Å². The van der Waals surface area contributed by atoms with E-state index in [1.165, 1.54) is 24.3 Å². The molecule has 0 saturated heterocycles. The predicted octanol–water partition coefficient (Wildman–Crippen LogP) is 7.28. The molecule has 0 unspecified atom stereocenters. The lowest BCUT2D eigenvalue weighted by Crippen LogP contribution is -2.20. The molecule has 0 amide bonds. The summed E-state index contributed by atoms with van der Waals surface area (Å²) in [5.74, 6) is -0.300.